The molecule has 34 heavy (non-hydrogen) atoms. The van der Waals surface area contributed by atoms with Crippen LogP contribution in [0.5, 0.6) is 5.75 Å². The molecule has 4 rings (SSSR count). The molecule has 0 saturated carbocycles. The second kappa shape index (κ2) is 12.4. The molecule has 0 bridgehead atoms. The SMILES string of the molecule is CCc1cnc(N2CCC(Oc3ccc(CN4CCN(NC)CC4)cc3CCCO)CC2)nc1. The van der Waals surface area contributed by atoms with Gasteiger partial charge in [-0.2, -0.15) is 0 Å². The Morgan fingerprint density at radius 3 is 2.41 bits per heavy atom. The number of nitrogens with one attached hydrogen (secondary N) is 1. The number of aliphatic hydroxyl groups excluding tert-OH is 1. The molecule has 1 aromatic heterocycles. The van der Waals surface area contributed by atoms with E-state index >= 15 is 0 Å². The highest BCUT2D eigenvalue weighted by molar-refractivity contribution is 5.38. The Morgan fingerprint density at radius 1 is 1.03 bits per heavy atom. The lowest BCUT2D eigenvalue weighted by atomic mass is 10.0. The minimum absolute atomic E-state index is 0.194. The number of piperazine rings is 1. The van der Waals surface area contributed by atoms with Gasteiger partial charge in [-0.15, -0.1) is 0 Å². The largest absolute Gasteiger partial charge is 0.490 e. The number of aliphatic hydroxyl groups is 1. The number of hydrogen-bond acceptors (Lipinski definition) is 8. The van der Waals surface area contributed by atoms with E-state index in [1.54, 1.807) is 0 Å². The predicted octanol–water partition coefficient (Wildman–Crippen LogP) is 2.26. The van der Waals surface area contributed by atoms with E-state index in [1.807, 2.05) is 19.4 Å². The quantitative estimate of drug-likeness (QED) is 0.550. The van der Waals surface area contributed by atoms with E-state index in [0.29, 0.717) is 0 Å². The van der Waals surface area contributed by atoms with Gasteiger partial charge in [-0.05, 0) is 49.1 Å². The molecule has 8 nitrogen and oxygen atoms in total. The van der Waals surface area contributed by atoms with Crippen molar-refractivity contribution in [3.63, 3.8) is 0 Å². The lowest BCUT2D eigenvalue weighted by Crippen LogP contribution is -2.50. The average molecular weight is 469 g/mol. The van der Waals surface area contributed by atoms with E-state index in [0.717, 1.165) is 89.6 Å². The van der Waals surface area contributed by atoms with Crippen LogP contribution in [0.2, 0.25) is 0 Å². The minimum atomic E-state index is 0.194. The number of piperidine rings is 1. The van der Waals surface area contributed by atoms with Gasteiger partial charge in [0, 0.05) is 77.7 Å². The lowest BCUT2D eigenvalue weighted by molar-refractivity contribution is 0.0946. The van der Waals surface area contributed by atoms with Crippen LogP contribution in [0.1, 0.15) is 42.9 Å². The van der Waals surface area contributed by atoms with Crippen molar-refractivity contribution in [1.29, 1.82) is 0 Å². The first-order chi connectivity index (χ1) is 16.7. The standard InChI is InChI=1S/C26H40N6O2/c1-3-21-18-28-26(29-19-21)31-10-8-24(9-11-31)34-25-7-6-22(17-23(25)5-4-16-33)20-30-12-14-32(27-2)15-13-30/h6-7,17-19,24,27,33H,3-5,8-16,20H2,1-2H3. The second-order valence-corrected chi connectivity index (χ2v) is 9.31. The maximum atomic E-state index is 9.41. The summed E-state index contributed by atoms with van der Waals surface area (Å²) >= 11 is 0. The summed E-state index contributed by atoms with van der Waals surface area (Å²) < 4.78 is 6.50. The number of hydrazine groups is 1. The van der Waals surface area contributed by atoms with Crippen molar-refractivity contribution in [2.75, 3.05) is 57.8 Å². The number of aromatic nitrogens is 2. The van der Waals surface area contributed by atoms with Crippen molar-refractivity contribution >= 4 is 5.95 Å². The molecule has 2 aromatic rings. The fraction of sp³-hybridized carbons (Fsp3) is 0.615. The van der Waals surface area contributed by atoms with Crippen molar-refractivity contribution in [3.8, 4) is 5.75 Å². The molecule has 186 valence electrons. The summed E-state index contributed by atoms with van der Waals surface area (Å²) in [6.07, 6.45) is 8.51. The van der Waals surface area contributed by atoms with Crippen molar-refractivity contribution < 1.29 is 9.84 Å². The first kappa shape index (κ1) is 24.9. The van der Waals surface area contributed by atoms with Gasteiger partial charge in [0.05, 0.1) is 0 Å². The summed E-state index contributed by atoms with van der Waals surface area (Å²) in [5, 5.41) is 11.7. The Kier molecular flexibility index (Phi) is 9.10. The van der Waals surface area contributed by atoms with Gasteiger partial charge < -0.3 is 14.7 Å². The molecule has 3 heterocycles. The molecule has 8 heteroatoms. The first-order valence-corrected chi connectivity index (χ1v) is 12.8. The van der Waals surface area contributed by atoms with Gasteiger partial charge in [-0.1, -0.05) is 19.1 Å². The summed E-state index contributed by atoms with van der Waals surface area (Å²) in [7, 11) is 1.99. The molecule has 1 aromatic carbocycles. The van der Waals surface area contributed by atoms with Gasteiger partial charge in [0.1, 0.15) is 11.9 Å². The van der Waals surface area contributed by atoms with Gasteiger partial charge in [0.15, 0.2) is 0 Å². The van der Waals surface area contributed by atoms with Crippen molar-refractivity contribution in [1.82, 2.24) is 25.3 Å². The van der Waals surface area contributed by atoms with E-state index in [4.69, 9.17) is 4.74 Å². The van der Waals surface area contributed by atoms with Crippen LogP contribution < -0.4 is 15.1 Å². The van der Waals surface area contributed by atoms with Crippen LogP contribution in [0, 0.1) is 0 Å². The molecule has 0 aliphatic carbocycles. The highest BCUT2D eigenvalue weighted by atomic mass is 16.5. The Labute approximate surface area is 203 Å². The van der Waals surface area contributed by atoms with Crippen molar-refractivity contribution in [2.24, 2.45) is 0 Å². The molecule has 0 spiro atoms. The number of hydrogen-bond donors (Lipinski definition) is 2. The summed E-state index contributed by atoms with van der Waals surface area (Å²) in [5.41, 5.74) is 6.94. The molecular weight excluding hydrogens is 428 g/mol. The van der Waals surface area contributed by atoms with Crippen LogP contribution in [-0.2, 0) is 19.4 Å². The van der Waals surface area contributed by atoms with Gasteiger partial charge in [-0.25, -0.2) is 15.0 Å². The Balaban J connectivity index is 1.34. The maximum absolute atomic E-state index is 9.41. The van der Waals surface area contributed by atoms with Gasteiger partial charge in [-0.3, -0.25) is 10.3 Å². The molecular formula is C26H40N6O2. The predicted molar refractivity (Wildman–Crippen MR) is 135 cm³/mol. The second-order valence-electron chi connectivity index (χ2n) is 9.31. The van der Waals surface area contributed by atoms with Crippen LogP contribution in [0.25, 0.3) is 0 Å². The fourth-order valence-corrected chi connectivity index (χ4v) is 4.75. The van der Waals surface area contributed by atoms with E-state index < -0.39 is 0 Å². The van der Waals surface area contributed by atoms with Crippen molar-refractivity contribution in [2.45, 2.75) is 51.7 Å². The molecule has 2 N–H and O–H groups in total. The van der Waals surface area contributed by atoms with E-state index in [2.05, 4.69) is 55.3 Å². The highest BCUT2D eigenvalue weighted by Crippen LogP contribution is 2.27. The monoisotopic (exact) mass is 468 g/mol. The maximum Gasteiger partial charge on any atom is 0.225 e. The summed E-state index contributed by atoms with van der Waals surface area (Å²) in [4.78, 5) is 13.8. The number of aryl methyl sites for hydroxylation is 2. The van der Waals surface area contributed by atoms with Gasteiger partial charge in [0.25, 0.3) is 0 Å². The Morgan fingerprint density at radius 2 is 1.76 bits per heavy atom. The van der Waals surface area contributed by atoms with E-state index in [-0.39, 0.29) is 12.7 Å². The van der Waals surface area contributed by atoms with Crippen LogP contribution in [0.3, 0.4) is 0 Å². The van der Waals surface area contributed by atoms with E-state index in [9.17, 15) is 5.11 Å². The zero-order chi connectivity index (χ0) is 23.8. The lowest BCUT2D eigenvalue weighted by Gasteiger charge is -2.34. The molecule has 2 fully saturated rings. The number of ether oxygens (including phenoxy) is 1. The molecule has 0 amide bonds. The number of rotatable bonds is 10. The Bertz CT molecular complexity index is 877. The summed E-state index contributed by atoms with van der Waals surface area (Å²) in [6, 6.07) is 6.64. The summed E-state index contributed by atoms with van der Waals surface area (Å²) in [5.74, 6) is 1.79. The fourth-order valence-electron chi connectivity index (χ4n) is 4.75. The van der Waals surface area contributed by atoms with Crippen LogP contribution in [0.4, 0.5) is 5.95 Å². The minimum Gasteiger partial charge on any atom is -0.490 e. The third-order valence-electron chi connectivity index (χ3n) is 6.94. The smallest absolute Gasteiger partial charge is 0.225 e. The van der Waals surface area contributed by atoms with Crippen LogP contribution >= 0.6 is 0 Å². The molecule has 2 aliphatic rings. The van der Waals surface area contributed by atoms with Gasteiger partial charge >= 0.3 is 0 Å². The number of nitrogens with zero attached hydrogens (tertiary/aromatic N) is 5. The number of benzene rings is 1. The zero-order valence-corrected chi connectivity index (χ0v) is 20.7. The van der Waals surface area contributed by atoms with Crippen LogP contribution in [0.15, 0.2) is 30.6 Å². The summed E-state index contributed by atoms with van der Waals surface area (Å²) in [6.45, 7) is 9.29. The average Bonchev–Trinajstić information content (AvgIpc) is 2.89. The van der Waals surface area contributed by atoms with Gasteiger partial charge in [0.2, 0.25) is 5.95 Å². The molecule has 2 saturated heterocycles. The molecule has 2 aliphatic heterocycles. The normalized spacial score (nSPS) is 18.4. The molecule has 0 atom stereocenters. The van der Waals surface area contributed by atoms with Crippen molar-refractivity contribution in [3.05, 3.63) is 47.3 Å². The number of anilines is 1. The van der Waals surface area contributed by atoms with E-state index in [1.165, 1.54) is 16.7 Å². The molecule has 0 unspecified atom stereocenters. The highest BCUT2D eigenvalue weighted by Gasteiger charge is 2.23. The third kappa shape index (κ3) is 6.66. The molecule has 0 radical (unpaired) electrons. The third-order valence-corrected chi connectivity index (χ3v) is 6.94. The zero-order valence-electron chi connectivity index (χ0n) is 20.7. The first-order valence-electron chi connectivity index (χ1n) is 12.8. The Hall–Kier alpha value is -2.26. The van der Waals surface area contributed by atoms with Crippen LogP contribution in [-0.4, -0.2) is 84.0 Å². The topological polar surface area (TPSA) is 77.0 Å².